The molecule has 2 aromatic rings. The lowest BCUT2D eigenvalue weighted by molar-refractivity contribution is 0.0697. The predicted octanol–water partition coefficient (Wildman–Crippen LogP) is 3.98. The topological polar surface area (TPSA) is 49.4 Å². The monoisotopic (exact) mass is 468 g/mol. The molecular formula is C19H18ClIN2O2. The molecule has 0 unspecified atom stereocenters. The second-order valence-corrected chi connectivity index (χ2v) is 7.63. The first kappa shape index (κ1) is 18.2. The van der Waals surface area contributed by atoms with E-state index in [0.717, 1.165) is 16.4 Å². The quantitative estimate of drug-likeness (QED) is 0.693. The van der Waals surface area contributed by atoms with Crippen molar-refractivity contribution in [2.45, 2.75) is 18.9 Å². The number of carbonyl (C=O) groups is 2. The molecule has 0 aliphatic carbocycles. The van der Waals surface area contributed by atoms with Crippen molar-refractivity contribution in [2.24, 2.45) is 0 Å². The fourth-order valence-electron chi connectivity index (χ4n) is 2.92. The van der Waals surface area contributed by atoms with Crippen molar-refractivity contribution < 1.29 is 9.59 Å². The van der Waals surface area contributed by atoms with Crippen molar-refractivity contribution >= 4 is 46.0 Å². The van der Waals surface area contributed by atoms with E-state index in [4.69, 9.17) is 11.6 Å². The molecule has 3 rings (SSSR count). The smallest absolute Gasteiger partial charge is 0.254 e. The molecule has 1 N–H and O–H groups in total. The zero-order valence-electron chi connectivity index (χ0n) is 13.5. The standard InChI is InChI=1S/C19H18ClIN2O2/c20-14-6-7-16(17(21)12-14)19(25)23-10-8-15(9-11-23)22-18(24)13-4-2-1-3-5-13/h1-7,12,15H,8-11H2,(H,22,24). The number of piperidine rings is 1. The van der Waals surface area contributed by atoms with Crippen molar-refractivity contribution in [1.29, 1.82) is 0 Å². The van der Waals surface area contributed by atoms with E-state index in [9.17, 15) is 9.59 Å². The summed E-state index contributed by atoms with van der Waals surface area (Å²) in [6, 6.07) is 14.6. The predicted molar refractivity (Wildman–Crippen MR) is 107 cm³/mol. The van der Waals surface area contributed by atoms with E-state index in [1.54, 1.807) is 30.3 Å². The molecule has 1 aliphatic heterocycles. The number of nitrogens with zero attached hydrogens (tertiary/aromatic N) is 1. The third-order valence-corrected chi connectivity index (χ3v) is 5.44. The largest absolute Gasteiger partial charge is 0.349 e. The first-order chi connectivity index (χ1) is 12.0. The molecule has 0 radical (unpaired) electrons. The summed E-state index contributed by atoms with van der Waals surface area (Å²) in [4.78, 5) is 26.7. The molecular weight excluding hydrogens is 451 g/mol. The molecule has 2 aromatic carbocycles. The third kappa shape index (κ3) is 4.52. The van der Waals surface area contributed by atoms with Gasteiger partial charge in [0.25, 0.3) is 11.8 Å². The number of hydrogen-bond acceptors (Lipinski definition) is 2. The summed E-state index contributed by atoms with van der Waals surface area (Å²) in [7, 11) is 0. The van der Waals surface area contributed by atoms with Crippen LogP contribution in [0, 0.1) is 3.57 Å². The van der Waals surface area contributed by atoms with Crippen molar-refractivity contribution in [3.05, 3.63) is 68.3 Å². The number of amides is 2. The van der Waals surface area contributed by atoms with E-state index >= 15 is 0 Å². The van der Waals surface area contributed by atoms with Gasteiger partial charge in [-0.05, 0) is 65.8 Å². The lowest BCUT2D eigenvalue weighted by atomic mass is 10.0. The minimum absolute atomic E-state index is 0.0221. The van der Waals surface area contributed by atoms with Crippen LogP contribution in [0.1, 0.15) is 33.6 Å². The van der Waals surface area contributed by atoms with Crippen molar-refractivity contribution in [3.8, 4) is 0 Å². The fraction of sp³-hybridized carbons (Fsp3) is 0.263. The van der Waals surface area contributed by atoms with Gasteiger partial charge in [0, 0.05) is 33.3 Å². The number of halogens is 2. The summed E-state index contributed by atoms with van der Waals surface area (Å²) in [5.74, 6) is -0.0356. The molecule has 2 amide bonds. The maximum absolute atomic E-state index is 12.7. The highest BCUT2D eigenvalue weighted by Crippen LogP contribution is 2.21. The van der Waals surface area contributed by atoms with Crippen molar-refractivity contribution in [2.75, 3.05) is 13.1 Å². The van der Waals surface area contributed by atoms with Crippen LogP contribution in [0.3, 0.4) is 0 Å². The minimum atomic E-state index is -0.0578. The zero-order valence-corrected chi connectivity index (χ0v) is 16.5. The summed E-state index contributed by atoms with van der Waals surface area (Å²) in [6.45, 7) is 1.27. The Bertz CT molecular complexity index is 774. The van der Waals surface area contributed by atoms with Crippen molar-refractivity contribution in [3.63, 3.8) is 0 Å². The Balaban J connectivity index is 1.56. The van der Waals surface area contributed by atoms with E-state index in [0.29, 0.717) is 29.2 Å². The molecule has 25 heavy (non-hydrogen) atoms. The molecule has 0 bridgehead atoms. The normalized spacial score (nSPS) is 15.0. The summed E-state index contributed by atoms with van der Waals surface area (Å²) < 4.78 is 0.856. The average molecular weight is 469 g/mol. The Morgan fingerprint density at radius 1 is 1.08 bits per heavy atom. The van der Waals surface area contributed by atoms with Gasteiger partial charge < -0.3 is 10.2 Å². The molecule has 0 atom stereocenters. The van der Waals surface area contributed by atoms with Crippen LogP contribution in [0.2, 0.25) is 5.02 Å². The SMILES string of the molecule is O=C(NC1CCN(C(=O)c2ccc(Cl)cc2I)CC1)c1ccccc1. The Morgan fingerprint density at radius 2 is 1.76 bits per heavy atom. The zero-order chi connectivity index (χ0) is 17.8. The van der Waals surface area contributed by atoms with Gasteiger partial charge in [-0.15, -0.1) is 0 Å². The molecule has 4 nitrogen and oxygen atoms in total. The molecule has 1 heterocycles. The Labute approximate surface area is 165 Å². The summed E-state index contributed by atoms with van der Waals surface area (Å²) >= 11 is 8.09. The third-order valence-electron chi connectivity index (χ3n) is 4.31. The van der Waals surface area contributed by atoms with Crippen LogP contribution >= 0.6 is 34.2 Å². The molecule has 0 aromatic heterocycles. The van der Waals surface area contributed by atoms with E-state index in [-0.39, 0.29) is 17.9 Å². The molecule has 0 spiro atoms. The minimum Gasteiger partial charge on any atom is -0.349 e. The molecule has 0 saturated carbocycles. The Kier molecular flexibility index (Phi) is 5.96. The van der Waals surface area contributed by atoms with Gasteiger partial charge in [0.2, 0.25) is 0 Å². The van der Waals surface area contributed by atoms with Gasteiger partial charge in [-0.3, -0.25) is 9.59 Å². The molecule has 1 fully saturated rings. The van der Waals surface area contributed by atoms with Crippen LogP contribution in [-0.4, -0.2) is 35.8 Å². The summed E-state index contributed by atoms with van der Waals surface area (Å²) in [5.41, 5.74) is 1.34. The first-order valence-corrected chi connectivity index (χ1v) is 9.60. The van der Waals surface area contributed by atoms with Crippen LogP contribution in [0.15, 0.2) is 48.5 Å². The number of hydrogen-bond donors (Lipinski definition) is 1. The van der Waals surface area contributed by atoms with Crippen LogP contribution in [0.25, 0.3) is 0 Å². The van der Waals surface area contributed by atoms with Gasteiger partial charge in [0.05, 0.1) is 5.56 Å². The maximum atomic E-state index is 12.7. The lowest BCUT2D eigenvalue weighted by Crippen LogP contribution is -2.46. The van der Waals surface area contributed by atoms with Crippen LogP contribution in [0.4, 0.5) is 0 Å². The summed E-state index contributed by atoms with van der Waals surface area (Å²) in [5, 5.41) is 3.69. The van der Waals surface area contributed by atoms with E-state index in [2.05, 4.69) is 27.9 Å². The van der Waals surface area contributed by atoms with Gasteiger partial charge in [-0.2, -0.15) is 0 Å². The maximum Gasteiger partial charge on any atom is 0.254 e. The van der Waals surface area contributed by atoms with Crippen LogP contribution in [-0.2, 0) is 0 Å². The molecule has 6 heteroatoms. The number of rotatable bonds is 3. The number of carbonyl (C=O) groups excluding carboxylic acids is 2. The number of likely N-dealkylation sites (tertiary alicyclic amines) is 1. The second kappa shape index (κ2) is 8.19. The Hall–Kier alpha value is -1.60. The van der Waals surface area contributed by atoms with Crippen molar-refractivity contribution in [1.82, 2.24) is 10.2 Å². The fourth-order valence-corrected chi connectivity index (χ4v) is 4.02. The van der Waals surface area contributed by atoms with E-state index in [1.165, 1.54) is 0 Å². The van der Waals surface area contributed by atoms with Gasteiger partial charge in [0.15, 0.2) is 0 Å². The average Bonchev–Trinajstić information content (AvgIpc) is 2.62. The molecule has 130 valence electrons. The first-order valence-electron chi connectivity index (χ1n) is 8.15. The second-order valence-electron chi connectivity index (χ2n) is 6.03. The van der Waals surface area contributed by atoms with Gasteiger partial charge in [0.1, 0.15) is 0 Å². The summed E-state index contributed by atoms with van der Waals surface area (Å²) in [6.07, 6.45) is 1.52. The number of nitrogens with one attached hydrogen (secondary N) is 1. The number of benzene rings is 2. The highest BCUT2D eigenvalue weighted by atomic mass is 127. The van der Waals surface area contributed by atoms with Crippen LogP contribution < -0.4 is 5.32 Å². The van der Waals surface area contributed by atoms with Gasteiger partial charge in [-0.1, -0.05) is 29.8 Å². The highest BCUT2D eigenvalue weighted by molar-refractivity contribution is 14.1. The van der Waals surface area contributed by atoms with Crippen LogP contribution in [0.5, 0.6) is 0 Å². The molecule has 1 aliphatic rings. The lowest BCUT2D eigenvalue weighted by Gasteiger charge is -2.32. The van der Waals surface area contributed by atoms with Gasteiger partial charge >= 0.3 is 0 Å². The Morgan fingerprint density at radius 3 is 2.40 bits per heavy atom. The highest BCUT2D eigenvalue weighted by Gasteiger charge is 2.25. The molecule has 1 saturated heterocycles. The van der Waals surface area contributed by atoms with E-state index in [1.807, 2.05) is 23.1 Å². The van der Waals surface area contributed by atoms with E-state index < -0.39 is 0 Å². The van der Waals surface area contributed by atoms with Gasteiger partial charge in [-0.25, -0.2) is 0 Å².